The number of hydrogen-bond donors (Lipinski definition) is 1. The lowest BCUT2D eigenvalue weighted by Crippen LogP contribution is -2.37. The summed E-state index contributed by atoms with van der Waals surface area (Å²) in [6.07, 6.45) is 1.04. The summed E-state index contributed by atoms with van der Waals surface area (Å²) in [5.41, 5.74) is 2.87. The molecule has 1 N–H and O–H groups in total. The van der Waals surface area contributed by atoms with Crippen LogP contribution in [0.5, 0.6) is 11.5 Å². The first-order chi connectivity index (χ1) is 12.7. The van der Waals surface area contributed by atoms with Gasteiger partial charge >= 0.3 is 0 Å². The number of anilines is 2. The number of methoxy groups -OCH3 is 2. The molecule has 0 aliphatic heterocycles. The third kappa shape index (κ3) is 5.13. The molecule has 27 heavy (non-hydrogen) atoms. The molecular weight excluding hydrogens is 368 g/mol. The summed E-state index contributed by atoms with van der Waals surface area (Å²) in [5, 5.41) is 2.76. The van der Waals surface area contributed by atoms with Crippen molar-refractivity contribution >= 4 is 27.3 Å². The molecular formula is C19H24N2O5S. The number of rotatable bonds is 7. The van der Waals surface area contributed by atoms with E-state index in [2.05, 4.69) is 5.32 Å². The Balaban J connectivity index is 2.31. The Kier molecular flexibility index (Phi) is 6.32. The lowest BCUT2D eigenvalue weighted by molar-refractivity contribution is -0.114. The number of nitrogens with zero attached hydrogens (tertiary/aromatic N) is 1. The molecule has 2 aromatic carbocycles. The van der Waals surface area contributed by atoms with Crippen LogP contribution in [0, 0.1) is 13.8 Å². The minimum Gasteiger partial charge on any atom is -0.497 e. The topological polar surface area (TPSA) is 84.9 Å². The molecule has 0 saturated heterocycles. The molecule has 0 spiro atoms. The van der Waals surface area contributed by atoms with E-state index in [0.29, 0.717) is 17.2 Å². The fourth-order valence-corrected chi connectivity index (χ4v) is 3.51. The van der Waals surface area contributed by atoms with Crippen molar-refractivity contribution in [3.05, 3.63) is 47.5 Å². The summed E-state index contributed by atoms with van der Waals surface area (Å²) >= 11 is 0. The molecule has 7 nitrogen and oxygen atoms in total. The second kappa shape index (κ2) is 8.30. The Morgan fingerprint density at radius 3 is 2.33 bits per heavy atom. The number of ether oxygens (including phenoxy) is 2. The van der Waals surface area contributed by atoms with E-state index in [4.69, 9.17) is 9.47 Å². The van der Waals surface area contributed by atoms with Crippen LogP contribution in [0.1, 0.15) is 11.1 Å². The van der Waals surface area contributed by atoms with Crippen LogP contribution in [0.2, 0.25) is 0 Å². The van der Waals surface area contributed by atoms with E-state index >= 15 is 0 Å². The molecule has 0 aliphatic carbocycles. The van der Waals surface area contributed by atoms with Gasteiger partial charge in [-0.3, -0.25) is 9.10 Å². The van der Waals surface area contributed by atoms with Crippen LogP contribution in [0.15, 0.2) is 36.4 Å². The molecule has 0 saturated carbocycles. The highest BCUT2D eigenvalue weighted by Crippen LogP contribution is 2.33. The Labute approximate surface area is 160 Å². The maximum Gasteiger partial charge on any atom is 0.245 e. The van der Waals surface area contributed by atoms with Crippen molar-refractivity contribution in [2.24, 2.45) is 0 Å². The Morgan fingerprint density at radius 2 is 1.78 bits per heavy atom. The molecule has 0 aromatic heterocycles. The van der Waals surface area contributed by atoms with Gasteiger partial charge in [-0.25, -0.2) is 8.42 Å². The maximum atomic E-state index is 12.5. The van der Waals surface area contributed by atoms with Gasteiger partial charge in [0.1, 0.15) is 18.0 Å². The first-order valence-corrected chi connectivity index (χ1v) is 10.1. The summed E-state index contributed by atoms with van der Waals surface area (Å²) in [5.74, 6) is 0.355. The standard InChI is InChI=1S/C19H24N2O5S/c1-13-6-8-16(14(2)10-13)20-19(22)12-21(27(5,23)24)17-9-7-15(25-3)11-18(17)26-4/h6-11H,12H2,1-5H3,(H,20,22). The van der Waals surface area contributed by atoms with Crippen molar-refractivity contribution in [1.29, 1.82) is 0 Å². The molecule has 2 aromatic rings. The molecule has 8 heteroatoms. The number of amides is 1. The Bertz CT molecular complexity index is 941. The van der Waals surface area contributed by atoms with E-state index in [9.17, 15) is 13.2 Å². The van der Waals surface area contributed by atoms with Crippen LogP contribution in [0.25, 0.3) is 0 Å². The summed E-state index contributed by atoms with van der Waals surface area (Å²) in [6.45, 7) is 3.46. The lowest BCUT2D eigenvalue weighted by atomic mass is 10.1. The number of hydrogen-bond acceptors (Lipinski definition) is 5. The fourth-order valence-electron chi connectivity index (χ4n) is 2.65. The largest absolute Gasteiger partial charge is 0.497 e. The predicted octanol–water partition coefficient (Wildman–Crippen LogP) is 2.73. The predicted molar refractivity (Wildman–Crippen MR) is 106 cm³/mol. The zero-order valence-corrected chi connectivity index (χ0v) is 16.9. The summed E-state index contributed by atoms with van der Waals surface area (Å²) in [7, 11) is -0.797. The van der Waals surface area contributed by atoms with E-state index in [0.717, 1.165) is 21.7 Å². The van der Waals surface area contributed by atoms with Crippen molar-refractivity contribution < 1.29 is 22.7 Å². The molecule has 0 fully saturated rings. The molecule has 0 heterocycles. The highest BCUT2D eigenvalue weighted by molar-refractivity contribution is 7.92. The van der Waals surface area contributed by atoms with Crippen LogP contribution in [0.4, 0.5) is 11.4 Å². The van der Waals surface area contributed by atoms with E-state index in [1.807, 2.05) is 26.0 Å². The Hall–Kier alpha value is -2.74. The highest BCUT2D eigenvalue weighted by atomic mass is 32.2. The second-order valence-corrected chi connectivity index (χ2v) is 8.08. The average Bonchev–Trinajstić information content (AvgIpc) is 2.60. The minimum absolute atomic E-state index is 0.261. The third-order valence-electron chi connectivity index (χ3n) is 4.00. The number of sulfonamides is 1. The van der Waals surface area contributed by atoms with E-state index in [1.165, 1.54) is 14.2 Å². The zero-order chi connectivity index (χ0) is 20.2. The number of benzene rings is 2. The van der Waals surface area contributed by atoms with E-state index < -0.39 is 15.9 Å². The quantitative estimate of drug-likeness (QED) is 0.783. The normalized spacial score (nSPS) is 11.0. The molecule has 0 atom stereocenters. The smallest absolute Gasteiger partial charge is 0.245 e. The molecule has 1 amide bonds. The number of nitrogens with one attached hydrogen (secondary N) is 1. The molecule has 0 radical (unpaired) electrons. The van der Waals surface area contributed by atoms with Gasteiger partial charge in [0.2, 0.25) is 15.9 Å². The first kappa shape index (κ1) is 20.6. The van der Waals surface area contributed by atoms with Crippen LogP contribution in [-0.4, -0.2) is 41.3 Å². The summed E-state index contributed by atoms with van der Waals surface area (Å²) in [4.78, 5) is 12.5. The zero-order valence-electron chi connectivity index (χ0n) is 16.1. The van der Waals surface area contributed by atoms with Gasteiger partial charge in [-0.05, 0) is 37.6 Å². The fraction of sp³-hybridized carbons (Fsp3) is 0.316. The van der Waals surface area contributed by atoms with Crippen molar-refractivity contribution in [2.75, 3.05) is 36.6 Å². The van der Waals surface area contributed by atoms with Gasteiger partial charge in [0.05, 0.1) is 26.2 Å². The first-order valence-electron chi connectivity index (χ1n) is 8.22. The summed E-state index contributed by atoms with van der Waals surface area (Å²) < 4.78 is 36.0. The van der Waals surface area contributed by atoms with Crippen LogP contribution < -0.4 is 19.1 Å². The monoisotopic (exact) mass is 392 g/mol. The van der Waals surface area contributed by atoms with Crippen molar-refractivity contribution in [2.45, 2.75) is 13.8 Å². The van der Waals surface area contributed by atoms with Crippen LogP contribution in [-0.2, 0) is 14.8 Å². The number of aryl methyl sites for hydroxylation is 2. The van der Waals surface area contributed by atoms with Gasteiger partial charge < -0.3 is 14.8 Å². The third-order valence-corrected chi connectivity index (χ3v) is 5.13. The van der Waals surface area contributed by atoms with Crippen LogP contribution >= 0.6 is 0 Å². The molecule has 0 bridgehead atoms. The Morgan fingerprint density at radius 1 is 1.07 bits per heavy atom. The van der Waals surface area contributed by atoms with Crippen molar-refractivity contribution in [1.82, 2.24) is 0 Å². The van der Waals surface area contributed by atoms with Gasteiger partial charge in [0.15, 0.2) is 0 Å². The lowest BCUT2D eigenvalue weighted by Gasteiger charge is -2.24. The van der Waals surface area contributed by atoms with Crippen molar-refractivity contribution in [3.8, 4) is 11.5 Å². The van der Waals surface area contributed by atoms with Gasteiger partial charge in [-0.1, -0.05) is 17.7 Å². The minimum atomic E-state index is -3.72. The van der Waals surface area contributed by atoms with Crippen LogP contribution in [0.3, 0.4) is 0 Å². The molecule has 2 rings (SSSR count). The molecule has 146 valence electrons. The van der Waals surface area contributed by atoms with Gasteiger partial charge in [0, 0.05) is 11.8 Å². The average molecular weight is 392 g/mol. The number of carbonyl (C=O) groups is 1. The van der Waals surface area contributed by atoms with E-state index in [-0.39, 0.29) is 12.2 Å². The molecule has 0 aliphatic rings. The van der Waals surface area contributed by atoms with Crippen molar-refractivity contribution in [3.63, 3.8) is 0 Å². The SMILES string of the molecule is COc1ccc(N(CC(=O)Nc2ccc(C)cc2C)S(C)(=O)=O)c(OC)c1. The highest BCUT2D eigenvalue weighted by Gasteiger charge is 2.24. The number of carbonyl (C=O) groups excluding carboxylic acids is 1. The van der Waals surface area contributed by atoms with Gasteiger partial charge in [0.25, 0.3) is 0 Å². The second-order valence-electron chi connectivity index (χ2n) is 6.17. The van der Waals surface area contributed by atoms with Gasteiger partial charge in [-0.2, -0.15) is 0 Å². The maximum absolute atomic E-state index is 12.5. The molecule has 0 unspecified atom stereocenters. The summed E-state index contributed by atoms with van der Waals surface area (Å²) in [6, 6.07) is 10.3. The van der Waals surface area contributed by atoms with Gasteiger partial charge in [-0.15, -0.1) is 0 Å². The van der Waals surface area contributed by atoms with E-state index in [1.54, 1.807) is 24.3 Å².